The van der Waals surface area contributed by atoms with Crippen molar-refractivity contribution in [3.8, 4) is 5.75 Å². The molecule has 0 amide bonds. The van der Waals surface area contributed by atoms with E-state index in [2.05, 4.69) is 0 Å². The van der Waals surface area contributed by atoms with E-state index < -0.39 is 0 Å². The number of aromatic hydroxyl groups is 1. The van der Waals surface area contributed by atoms with E-state index in [9.17, 15) is 0 Å². The zero-order valence-corrected chi connectivity index (χ0v) is 9.35. The smallest absolute Gasteiger partial charge is 0.115 e. The molecule has 80 valence electrons. The van der Waals surface area contributed by atoms with Crippen LogP contribution < -0.4 is 0 Å². The molecule has 0 heterocycles. The second-order valence-corrected chi connectivity index (χ2v) is 3.86. The van der Waals surface area contributed by atoms with E-state index in [4.69, 9.17) is 16.7 Å². The van der Waals surface area contributed by atoms with Crippen LogP contribution in [0.25, 0.3) is 11.1 Å². The molecule has 0 radical (unpaired) electrons. The average molecular weight is 231 g/mol. The quantitative estimate of drug-likeness (QED) is 0.770. The van der Waals surface area contributed by atoms with Crippen molar-refractivity contribution in [1.29, 1.82) is 0 Å². The molecule has 0 saturated carbocycles. The van der Waals surface area contributed by atoms with Crippen molar-refractivity contribution >= 4 is 22.7 Å². The number of rotatable bonds is 2. The van der Waals surface area contributed by atoms with Crippen LogP contribution in [0.1, 0.15) is 11.1 Å². The Labute approximate surface area is 99.6 Å². The molecule has 0 saturated heterocycles. The molecular weight excluding hydrogens is 220 g/mol. The van der Waals surface area contributed by atoms with Gasteiger partial charge in [-0.2, -0.15) is 0 Å². The topological polar surface area (TPSA) is 20.2 Å². The first kappa shape index (κ1) is 10.8. The highest BCUT2D eigenvalue weighted by Gasteiger charge is 1.97. The van der Waals surface area contributed by atoms with Crippen molar-refractivity contribution < 1.29 is 5.11 Å². The SMILES string of the molecule is Oc1ccc(C=C(Cl)c2ccccc2)cc1. The van der Waals surface area contributed by atoms with Crippen molar-refractivity contribution in [2.75, 3.05) is 0 Å². The molecule has 0 spiro atoms. The monoisotopic (exact) mass is 230 g/mol. The van der Waals surface area contributed by atoms with Crippen molar-refractivity contribution in [1.82, 2.24) is 0 Å². The lowest BCUT2D eigenvalue weighted by Crippen LogP contribution is -1.76. The third-order valence-electron chi connectivity index (χ3n) is 2.24. The maximum atomic E-state index is 9.15. The number of benzene rings is 2. The van der Waals surface area contributed by atoms with Gasteiger partial charge in [-0.05, 0) is 29.3 Å². The first-order valence-corrected chi connectivity index (χ1v) is 5.35. The number of hydrogen-bond acceptors (Lipinski definition) is 1. The van der Waals surface area contributed by atoms with Crippen LogP contribution >= 0.6 is 11.6 Å². The summed E-state index contributed by atoms with van der Waals surface area (Å²) in [6.45, 7) is 0. The average Bonchev–Trinajstić information content (AvgIpc) is 2.33. The zero-order chi connectivity index (χ0) is 11.4. The minimum Gasteiger partial charge on any atom is -0.508 e. The summed E-state index contributed by atoms with van der Waals surface area (Å²) in [7, 11) is 0. The van der Waals surface area contributed by atoms with E-state index in [1.54, 1.807) is 12.1 Å². The van der Waals surface area contributed by atoms with Gasteiger partial charge < -0.3 is 5.11 Å². The van der Waals surface area contributed by atoms with E-state index >= 15 is 0 Å². The third kappa shape index (κ3) is 2.65. The summed E-state index contributed by atoms with van der Waals surface area (Å²) in [5, 5.41) is 9.84. The summed E-state index contributed by atoms with van der Waals surface area (Å²) < 4.78 is 0. The molecule has 1 N–H and O–H groups in total. The summed E-state index contributed by atoms with van der Waals surface area (Å²) >= 11 is 6.18. The molecule has 0 unspecified atom stereocenters. The lowest BCUT2D eigenvalue weighted by Gasteiger charge is -1.99. The molecule has 0 aromatic heterocycles. The lowest BCUT2D eigenvalue weighted by atomic mass is 10.1. The Morgan fingerprint density at radius 2 is 1.56 bits per heavy atom. The molecule has 16 heavy (non-hydrogen) atoms. The Balaban J connectivity index is 2.28. The first-order valence-electron chi connectivity index (χ1n) is 4.97. The van der Waals surface area contributed by atoms with Crippen LogP contribution in [0.5, 0.6) is 5.75 Å². The molecule has 0 fully saturated rings. The molecule has 1 nitrogen and oxygen atoms in total. The molecule has 0 bridgehead atoms. The zero-order valence-electron chi connectivity index (χ0n) is 8.60. The summed E-state index contributed by atoms with van der Waals surface area (Å²) in [6, 6.07) is 16.7. The van der Waals surface area contributed by atoms with Crippen LogP contribution in [-0.2, 0) is 0 Å². The molecule has 0 aliphatic carbocycles. The van der Waals surface area contributed by atoms with Crippen molar-refractivity contribution in [2.45, 2.75) is 0 Å². The largest absolute Gasteiger partial charge is 0.508 e. The maximum absolute atomic E-state index is 9.15. The predicted octanol–water partition coefficient (Wildman–Crippen LogP) is 4.13. The van der Waals surface area contributed by atoms with Crippen LogP contribution in [0.3, 0.4) is 0 Å². The van der Waals surface area contributed by atoms with Gasteiger partial charge >= 0.3 is 0 Å². The van der Waals surface area contributed by atoms with E-state index in [0.717, 1.165) is 11.1 Å². The molecular formula is C14H11ClO. The first-order chi connectivity index (χ1) is 7.75. The van der Waals surface area contributed by atoms with Crippen LogP contribution in [0.4, 0.5) is 0 Å². The fourth-order valence-electron chi connectivity index (χ4n) is 1.40. The Bertz CT molecular complexity index is 486. The van der Waals surface area contributed by atoms with Crippen LogP contribution in [0.2, 0.25) is 0 Å². The maximum Gasteiger partial charge on any atom is 0.115 e. The summed E-state index contributed by atoms with van der Waals surface area (Å²) in [5.74, 6) is 0.257. The van der Waals surface area contributed by atoms with E-state index in [0.29, 0.717) is 5.03 Å². The predicted molar refractivity (Wildman–Crippen MR) is 68.3 cm³/mol. The number of hydrogen-bond donors (Lipinski definition) is 1. The molecule has 0 aliphatic rings. The van der Waals surface area contributed by atoms with E-state index in [1.807, 2.05) is 48.5 Å². The van der Waals surface area contributed by atoms with Gasteiger partial charge in [-0.25, -0.2) is 0 Å². The Hall–Kier alpha value is -1.73. The Kier molecular flexibility index (Phi) is 3.28. The molecule has 0 aliphatic heterocycles. The van der Waals surface area contributed by atoms with Crippen LogP contribution in [0.15, 0.2) is 54.6 Å². The highest BCUT2D eigenvalue weighted by Crippen LogP contribution is 2.22. The van der Waals surface area contributed by atoms with Gasteiger partial charge in [0.25, 0.3) is 0 Å². The van der Waals surface area contributed by atoms with Gasteiger partial charge in [0.2, 0.25) is 0 Å². The number of phenolic OH excluding ortho intramolecular Hbond substituents is 1. The molecule has 2 aromatic rings. The van der Waals surface area contributed by atoms with E-state index in [-0.39, 0.29) is 5.75 Å². The third-order valence-corrected chi connectivity index (χ3v) is 2.56. The summed E-state index contributed by atoms with van der Waals surface area (Å²) in [6.07, 6.45) is 1.87. The standard InChI is InChI=1S/C14H11ClO/c15-14(12-4-2-1-3-5-12)10-11-6-8-13(16)9-7-11/h1-10,16H. The van der Waals surface area contributed by atoms with Crippen molar-refractivity contribution in [2.24, 2.45) is 0 Å². The number of halogens is 1. The van der Waals surface area contributed by atoms with Crippen LogP contribution in [0, 0.1) is 0 Å². The molecule has 2 rings (SSSR count). The highest BCUT2D eigenvalue weighted by atomic mass is 35.5. The Morgan fingerprint density at radius 1 is 0.938 bits per heavy atom. The van der Waals surface area contributed by atoms with Crippen molar-refractivity contribution in [3.63, 3.8) is 0 Å². The van der Waals surface area contributed by atoms with E-state index in [1.165, 1.54) is 0 Å². The second kappa shape index (κ2) is 4.86. The van der Waals surface area contributed by atoms with Gasteiger partial charge in [-0.1, -0.05) is 54.1 Å². The highest BCUT2D eigenvalue weighted by molar-refractivity contribution is 6.51. The van der Waals surface area contributed by atoms with Gasteiger partial charge in [0.05, 0.1) is 0 Å². The second-order valence-electron chi connectivity index (χ2n) is 3.45. The Morgan fingerprint density at radius 3 is 2.19 bits per heavy atom. The van der Waals surface area contributed by atoms with Gasteiger partial charge in [-0.15, -0.1) is 0 Å². The summed E-state index contributed by atoms with van der Waals surface area (Å²) in [4.78, 5) is 0. The van der Waals surface area contributed by atoms with Gasteiger partial charge in [-0.3, -0.25) is 0 Å². The fraction of sp³-hybridized carbons (Fsp3) is 0. The molecule has 2 aromatic carbocycles. The van der Waals surface area contributed by atoms with Gasteiger partial charge in [0, 0.05) is 5.03 Å². The van der Waals surface area contributed by atoms with Gasteiger partial charge in [0.1, 0.15) is 5.75 Å². The molecule has 0 atom stereocenters. The lowest BCUT2D eigenvalue weighted by molar-refractivity contribution is 0.475. The molecule has 2 heteroatoms. The number of phenols is 1. The van der Waals surface area contributed by atoms with Gasteiger partial charge in [0.15, 0.2) is 0 Å². The normalized spacial score (nSPS) is 11.4. The van der Waals surface area contributed by atoms with Crippen molar-refractivity contribution in [3.05, 3.63) is 65.7 Å². The minimum atomic E-state index is 0.257. The summed E-state index contributed by atoms with van der Waals surface area (Å²) in [5.41, 5.74) is 1.95. The fourth-order valence-corrected chi connectivity index (χ4v) is 1.65. The minimum absolute atomic E-state index is 0.257. The van der Waals surface area contributed by atoms with Crippen LogP contribution in [-0.4, -0.2) is 5.11 Å².